The van der Waals surface area contributed by atoms with Crippen molar-refractivity contribution in [3.63, 3.8) is 0 Å². The van der Waals surface area contributed by atoms with E-state index >= 15 is 0 Å². The highest BCUT2D eigenvalue weighted by molar-refractivity contribution is 7.09. The van der Waals surface area contributed by atoms with E-state index < -0.39 is 0 Å². The molecule has 0 amide bonds. The number of hydrogen-bond acceptors (Lipinski definition) is 4. The molecule has 0 radical (unpaired) electrons. The minimum absolute atomic E-state index is 0.292. The van der Waals surface area contributed by atoms with Crippen LogP contribution in [0.5, 0.6) is 5.75 Å². The lowest BCUT2D eigenvalue weighted by Gasteiger charge is -2.14. The van der Waals surface area contributed by atoms with Gasteiger partial charge in [0.05, 0.1) is 10.7 Å². The van der Waals surface area contributed by atoms with Gasteiger partial charge in [-0.3, -0.25) is 0 Å². The molecule has 108 valence electrons. The van der Waals surface area contributed by atoms with Crippen molar-refractivity contribution in [1.29, 1.82) is 0 Å². The molecule has 1 aromatic carbocycles. The predicted molar refractivity (Wildman–Crippen MR) is 79.6 cm³/mol. The van der Waals surface area contributed by atoms with Gasteiger partial charge >= 0.3 is 0 Å². The van der Waals surface area contributed by atoms with E-state index in [9.17, 15) is 4.39 Å². The molecule has 0 aliphatic heterocycles. The van der Waals surface area contributed by atoms with Gasteiger partial charge in [0.1, 0.15) is 6.61 Å². The van der Waals surface area contributed by atoms with E-state index in [2.05, 4.69) is 24.1 Å². The maximum atomic E-state index is 13.9. The molecule has 0 aliphatic rings. The van der Waals surface area contributed by atoms with E-state index in [0.717, 1.165) is 16.3 Å². The summed E-state index contributed by atoms with van der Waals surface area (Å²) in [6, 6.07) is 5.33. The molecule has 0 bridgehead atoms. The average Bonchev–Trinajstić information content (AvgIpc) is 2.81. The fraction of sp³-hybridized carbons (Fsp3) is 0.400. The number of nitrogens with zero attached hydrogens (tertiary/aromatic N) is 1. The van der Waals surface area contributed by atoms with E-state index in [1.165, 1.54) is 6.07 Å². The van der Waals surface area contributed by atoms with Crippen molar-refractivity contribution >= 4 is 11.3 Å². The van der Waals surface area contributed by atoms with E-state index in [4.69, 9.17) is 4.74 Å². The molecule has 1 aromatic heterocycles. The molecule has 3 nitrogen and oxygen atoms in total. The highest BCUT2D eigenvalue weighted by atomic mass is 32.1. The van der Waals surface area contributed by atoms with Crippen molar-refractivity contribution in [3.05, 3.63) is 45.7 Å². The first-order valence-corrected chi connectivity index (χ1v) is 7.49. The van der Waals surface area contributed by atoms with Gasteiger partial charge in [0.2, 0.25) is 0 Å². The van der Waals surface area contributed by atoms with Gasteiger partial charge in [0, 0.05) is 23.5 Å². The highest BCUT2D eigenvalue weighted by Gasteiger charge is 2.11. The van der Waals surface area contributed by atoms with Gasteiger partial charge in [-0.25, -0.2) is 9.37 Å². The Morgan fingerprint density at radius 3 is 2.85 bits per heavy atom. The van der Waals surface area contributed by atoms with E-state index in [1.807, 2.05) is 18.4 Å². The first-order valence-electron chi connectivity index (χ1n) is 6.61. The summed E-state index contributed by atoms with van der Waals surface area (Å²) in [6.07, 6.45) is 0. The van der Waals surface area contributed by atoms with Gasteiger partial charge in [0.15, 0.2) is 11.6 Å². The maximum Gasteiger partial charge on any atom is 0.165 e. The van der Waals surface area contributed by atoms with Crippen LogP contribution in [0, 0.1) is 12.7 Å². The molecule has 0 atom stereocenters. The second-order valence-corrected chi connectivity index (χ2v) is 5.97. The number of aromatic nitrogens is 1. The van der Waals surface area contributed by atoms with Crippen molar-refractivity contribution < 1.29 is 9.13 Å². The third kappa shape index (κ3) is 4.02. The number of hydrogen-bond donors (Lipinski definition) is 1. The third-order valence-electron chi connectivity index (χ3n) is 2.78. The smallest absolute Gasteiger partial charge is 0.165 e. The van der Waals surface area contributed by atoms with Crippen LogP contribution in [-0.2, 0) is 13.2 Å². The molecule has 0 aliphatic carbocycles. The largest absolute Gasteiger partial charge is 0.484 e. The van der Waals surface area contributed by atoms with Crippen molar-refractivity contribution in [1.82, 2.24) is 10.3 Å². The van der Waals surface area contributed by atoms with Crippen LogP contribution in [0.15, 0.2) is 23.6 Å². The van der Waals surface area contributed by atoms with Gasteiger partial charge in [0.25, 0.3) is 0 Å². The molecule has 0 unspecified atom stereocenters. The molecule has 1 heterocycles. The average molecular weight is 294 g/mol. The Morgan fingerprint density at radius 1 is 1.40 bits per heavy atom. The second-order valence-electron chi connectivity index (χ2n) is 4.91. The Hall–Kier alpha value is -1.46. The highest BCUT2D eigenvalue weighted by Crippen LogP contribution is 2.24. The standard InChI is InChI=1S/C15H19FN2OS/c1-10(2)17-7-12-5-4-6-14(16)15(12)19-8-13-9-20-11(3)18-13/h4-6,9-10,17H,7-8H2,1-3H3. The summed E-state index contributed by atoms with van der Waals surface area (Å²) in [7, 11) is 0. The van der Waals surface area contributed by atoms with Gasteiger partial charge in [-0.1, -0.05) is 26.0 Å². The van der Waals surface area contributed by atoms with Gasteiger partial charge in [-0.05, 0) is 13.0 Å². The Bertz CT molecular complexity index is 569. The van der Waals surface area contributed by atoms with Crippen molar-refractivity contribution in [2.45, 2.75) is 40.0 Å². The molecule has 1 N–H and O–H groups in total. The summed E-state index contributed by atoms with van der Waals surface area (Å²) in [5, 5.41) is 6.19. The fourth-order valence-corrected chi connectivity index (χ4v) is 2.39. The molecular weight excluding hydrogens is 275 g/mol. The topological polar surface area (TPSA) is 34.1 Å². The first-order chi connectivity index (χ1) is 9.56. The monoisotopic (exact) mass is 294 g/mol. The zero-order chi connectivity index (χ0) is 14.5. The van der Waals surface area contributed by atoms with Crippen LogP contribution >= 0.6 is 11.3 Å². The summed E-state index contributed by atoms with van der Waals surface area (Å²) >= 11 is 1.56. The minimum atomic E-state index is -0.333. The Balaban J connectivity index is 2.08. The Labute approximate surface area is 122 Å². The fourth-order valence-electron chi connectivity index (χ4n) is 1.79. The summed E-state index contributed by atoms with van der Waals surface area (Å²) in [6.45, 7) is 6.92. The summed E-state index contributed by atoms with van der Waals surface area (Å²) in [4.78, 5) is 4.31. The number of para-hydroxylation sites is 1. The third-order valence-corrected chi connectivity index (χ3v) is 3.60. The molecule has 0 spiro atoms. The number of ether oxygens (including phenoxy) is 1. The van der Waals surface area contributed by atoms with Crippen LogP contribution in [0.2, 0.25) is 0 Å². The number of nitrogens with one attached hydrogen (secondary N) is 1. The number of thiazole rings is 1. The molecule has 0 saturated carbocycles. The van der Waals surface area contributed by atoms with Crippen LogP contribution in [0.3, 0.4) is 0 Å². The minimum Gasteiger partial charge on any atom is -0.484 e. The van der Waals surface area contributed by atoms with Crippen LogP contribution in [0.25, 0.3) is 0 Å². The summed E-state index contributed by atoms with van der Waals surface area (Å²) in [5.74, 6) is -0.0219. The lowest BCUT2D eigenvalue weighted by atomic mass is 10.2. The lowest BCUT2D eigenvalue weighted by molar-refractivity contribution is 0.282. The molecule has 0 fully saturated rings. The number of rotatable bonds is 6. The zero-order valence-corrected chi connectivity index (χ0v) is 12.8. The van der Waals surface area contributed by atoms with Crippen molar-refractivity contribution in [3.8, 4) is 5.75 Å². The van der Waals surface area contributed by atoms with Gasteiger partial charge in [-0.2, -0.15) is 0 Å². The van der Waals surface area contributed by atoms with E-state index in [1.54, 1.807) is 17.4 Å². The van der Waals surface area contributed by atoms with Crippen molar-refractivity contribution in [2.75, 3.05) is 0 Å². The molecular formula is C15H19FN2OS. The Kier molecular flexibility index (Phi) is 5.09. The van der Waals surface area contributed by atoms with Crippen LogP contribution in [0.1, 0.15) is 30.1 Å². The van der Waals surface area contributed by atoms with Crippen LogP contribution < -0.4 is 10.1 Å². The predicted octanol–water partition coefficient (Wildman–Crippen LogP) is 3.67. The molecule has 0 saturated heterocycles. The molecule has 20 heavy (non-hydrogen) atoms. The summed E-state index contributed by atoms with van der Waals surface area (Å²) < 4.78 is 19.5. The zero-order valence-electron chi connectivity index (χ0n) is 11.9. The van der Waals surface area contributed by atoms with E-state index in [-0.39, 0.29) is 5.82 Å². The number of halogens is 1. The normalized spacial score (nSPS) is 11.1. The van der Waals surface area contributed by atoms with Gasteiger partial charge < -0.3 is 10.1 Å². The molecule has 5 heteroatoms. The Morgan fingerprint density at radius 2 is 2.20 bits per heavy atom. The first kappa shape index (κ1) is 14.9. The van der Waals surface area contributed by atoms with Crippen LogP contribution in [0.4, 0.5) is 4.39 Å². The molecule has 2 rings (SSSR count). The summed E-state index contributed by atoms with van der Waals surface area (Å²) in [5.41, 5.74) is 1.66. The van der Waals surface area contributed by atoms with E-state index in [0.29, 0.717) is 24.9 Å². The number of benzene rings is 1. The van der Waals surface area contributed by atoms with Crippen molar-refractivity contribution in [2.24, 2.45) is 0 Å². The molecule has 2 aromatic rings. The quantitative estimate of drug-likeness (QED) is 0.882. The van der Waals surface area contributed by atoms with Gasteiger partial charge in [-0.15, -0.1) is 11.3 Å². The SMILES string of the molecule is Cc1nc(COc2c(F)cccc2CNC(C)C)cs1. The maximum absolute atomic E-state index is 13.9. The lowest BCUT2D eigenvalue weighted by Crippen LogP contribution is -2.22. The second kappa shape index (κ2) is 6.81. The van der Waals surface area contributed by atoms with Crippen LogP contribution in [-0.4, -0.2) is 11.0 Å². The number of aryl methyl sites for hydroxylation is 1.